The summed E-state index contributed by atoms with van der Waals surface area (Å²) in [6.45, 7) is -0.155. The molecule has 0 N–H and O–H groups in total. The summed E-state index contributed by atoms with van der Waals surface area (Å²) in [6.07, 6.45) is 3.58. The van der Waals surface area contributed by atoms with Gasteiger partial charge in [-0.05, 0) is 5.53 Å². The lowest BCUT2D eigenvalue weighted by molar-refractivity contribution is 0.100. The van der Waals surface area contributed by atoms with Gasteiger partial charge in [-0.1, -0.05) is 29.4 Å². The molecule has 6 nitrogen and oxygen atoms in total. The Morgan fingerprint density at radius 2 is 2.17 bits per heavy atom. The molecule has 0 spiro atoms. The van der Waals surface area contributed by atoms with E-state index in [4.69, 9.17) is 5.53 Å². The highest BCUT2D eigenvalue weighted by Gasteiger charge is 2.06. The van der Waals surface area contributed by atoms with Crippen molar-refractivity contribution >= 4 is 5.78 Å². The van der Waals surface area contributed by atoms with Gasteiger partial charge in [0, 0.05) is 35.5 Å². The number of rotatable bonds is 4. The number of aromatic nitrogens is 2. The van der Waals surface area contributed by atoms with Crippen LogP contribution in [0.15, 0.2) is 41.8 Å². The van der Waals surface area contributed by atoms with Crippen LogP contribution in [-0.4, -0.2) is 21.9 Å². The van der Waals surface area contributed by atoms with Crippen LogP contribution in [0.1, 0.15) is 10.4 Å². The minimum Gasteiger partial charge on any atom is -0.334 e. The summed E-state index contributed by atoms with van der Waals surface area (Å²) >= 11 is 0. The molecule has 1 aromatic heterocycles. The quantitative estimate of drug-likeness (QED) is 0.356. The van der Waals surface area contributed by atoms with Gasteiger partial charge in [-0.25, -0.2) is 4.98 Å². The van der Waals surface area contributed by atoms with E-state index in [1.165, 1.54) is 0 Å². The molecule has 2 aromatic rings. The predicted octanol–water partition coefficient (Wildman–Crippen LogP) is 2.58. The SMILES string of the molecule is Cn1ccnc1-c1ccc(C(=O)CN=[N+]=[N-])cc1. The lowest BCUT2D eigenvalue weighted by Crippen LogP contribution is -2.02. The topological polar surface area (TPSA) is 83.7 Å². The van der Waals surface area contributed by atoms with E-state index < -0.39 is 0 Å². The second-order valence-electron chi connectivity index (χ2n) is 3.75. The Balaban J connectivity index is 2.23. The number of hydrogen-bond donors (Lipinski definition) is 0. The van der Waals surface area contributed by atoms with Crippen LogP contribution in [0.25, 0.3) is 21.8 Å². The Hall–Kier alpha value is -2.59. The second kappa shape index (κ2) is 5.16. The van der Waals surface area contributed by atoms with E-state index in [0.29, 0.717) is 5.56 Å². The number of Topliss-reactive ketones (excluding diaryl/α,β-unsaturated/α-hetero) is 1. The van der Waals surface area contributed by atoms with Crippen molar-refractivity contribution in [3.05, 3.63) is 52.7 Å². The first-order valence-corrected chi connectivity index (χ1v) is 5.34. The van der Waals surface area contributed by atoms with Crippen molar-refractivity contribution in [1.29, 1.82) is 0 Å². The fraction of sp³-hybridized carbons (Fsp3) is 0.167. The number of nitrogens with zero attached hydrogens (tertiary/aromatic N) is 5. The molecule has 0 bridgehead atoms. The Kier molecular flexibility index (Phi) is 3.41. The number of aryl methyl sites for hydroxylation is 1. The standard InChI is InChI=1S/C12H11N5O/c1-17-7-6-14-12(17)10-4-2-9(3-5-10)11(18)8-15-16-13/h2-7H,8H2,1H3. The molecule has 0 saturated carbocycles. The highest BCUT2D eigenvalue weighted by atomic mass is 16.1. The summed E-state index contributed by atoms with van der Waals surface area (Å²) in [7, 11) is 1.91. The fourth-order valence-corrected chi connectivity index (χ4v) is 1.64. The van der Waals surface area contributed by atoms with Crippen LogP contribution < -0.4 is 0 Å². The first kappa shape index (κ1) is 11.9. The van der Waals surface area contributed by atoms with Gasteiger partial charge in [0.2, 0.25) is 0 Å². The second-order valence-corrected chi connectivity index (χ2v) is 3.75. The van der Waals surface area contributed by atoms with Gasteiger partial charge < -0.3 is 4.57 Å². The molecule has 0 unspecified atom stereocenters. The fourth-order valence-electron chi connectivity index (χ4n) is 1.64. The van der Waals surface area contributed by atoms with Crippen LogP contribution in [-0.2, 0) is 7.05 Å². The molecule has 2 rings (SSSR count). The zero-order valence-electron chi connectivity index (χ0n) is 9.82. The maximum absolute atomic E-state index is 11.6. The molecule has 0 aliphatic carbocycles. The number of imidazole rings is 1. The van der Waals surface area contributed by atoms with Crippen LogP contribution in [0.3, 0.4) is 0 Å². The molecule has 0 aliphatic heterocycles. The monoisotopic (exact) mass is 241 g/mol. The number of carbonyl (C=O) groups excluding carboxylic acids is 1. The Morgan fingerprint density at radius 3 is 2.72 bits per heavy atom. The summed E-state index contributed by atoms with van der Waals surface area (Å²) in [5.74, 6) is 0.642. The highest BCUT2D eigenvalue weighted by molar-refractivity contribution is 5.98. The Bertz CT molecular complexity index is 608. The summed E-state index contributed by atoms with van der Waals surface area (Å²) < 4.78 is 1.90. The molecular weight excluding hydrogens is 230 g/mol. The van der Waals surface area contributed by atoms with Crippen molar-refractivity contribution in [1.82, 2.24) is 9.55 Å². The normalized spacial score (nSPS) is 9.83. The van der Waals surface area contributed by atoms with E-state index in [1.54, 1.807) is 18.3 Å². The minimum absolute atomic E-state index is 0.155. The molecule has 0 aliphatic rings. The van der Waals surface area contributed by atoms with E-state index >= 15 is 0 Å². The highest BCUT2D eigenvalue weighted by Crippen LogP contribution is 2.17. The third kappa shape index (κ3) is 2.39. The van der Waals surface area contributed by atoms with Gasteiger partial charge in [0.1, 0.15) is 5.82 Å². The Morgan fingerprint density at radius 1 is 1.44 bits per heavy atom. The molecule has 1 aromatic carbocycles. The number of benzene rings is 1. The number of azide groups is 1. The van der Waals surface area contributed by atoms with Crippen molar-refractivity contribution in [2.45, 2.75) is 0 Å². The van der Waals surface area contributed by atoms with E-state index in [-0.39, 0.29) is 12.3 Å². The van der Waals surface area contributed by atoms with Crippen molar-refractivity contribution < 1.29 is 4.79 Å². The van der Waals surface area contributed by atoms with Crippen molar-refractivity contribution in [2.75, 3.05) is 6.54 Å². The molecule has 90 valence electrons. The van der Waals surface area contributed by atoms with Gasteiger partial charge >= 0.3 is 0 Å². The van der Waals surface area contributed by atoms with Crippen LogP contribution in [0.5, 0.6) is 0 Å². The summed E-state index contributed by atoms with van der Waals surface area (Å²) in [5, 5.41) is 3.25. The van der Waals surface area contributed by atoms with Gasteiger partial charge in [-0.3, -0.25) is 4.79 Å². The maximum Gasteiger partial charge on any atom is 0.168 e. The van der Waals surface area contributed by atoms with E-state index in [0.717, 1.165) is 11.4 Å². The molecule has 0 saturated heterocycles. The summed E-state index contributed by atoms with van der Waals surface area (Å²) in [4.78, 5) is 18.4. The minimum atomic E-state index is -0.195. The van der Waals surface area contributed by atoms with Crippen molar-refractivity contribution in [3.8, 4) is 11.4 Å². The average molecular weight is 241 g/mol. The maximum atomic E-state index is 11.6. The first-order chi connectivity index (χ1) is 8.72. The van der Waals surface area contributed by atoms with Crippen LogP contribution in [0, 0.1) is 0 Å². The third-order valence-corrected chi connectivity index (χ3v) is 2.56. The van der Waals surface area contributed by atoms with Crippen molar-refractivity contribution in [2.24, 2.45) is 12.2 Å². The summed E-state index contributed by atoms with van der Waals surface area (Å²) in [5.41, 5.74) is 9.62. The molecule has 1 heterocycles. The molecular formula is C12H11N5O. The van der Waals surface area contributed by atoms with Crippen LogP contribution in [0.2, 0.25) is 0 Å². The van der Waals surface area contributed by atoms with Crippen LogP contribution in [0.4, 0.5) is 0 Å². The number of hydrogen-bond acceptors (Lipinski definition) is 3. The molecule has 0 radical (unpaired) electrons. The van der Waals surface area contributed by atoms with E-state index in [1.807, 2.05) is 29.9 Å². The molecule has 0 fully saturated rings. The van der Waals surface area contributed by atoms with Gasteiger partial charge in [0.15, 0.2) is 5.78 Å². The smallest absolute Gasteiger partial charge is 0.168 e. The number of ketones is 1. The number of carbonyl (C=O) groups is 1. The molecule has 18 heavy (non-hydrogen) atoms. The van der Waals surface area contributed by atoms with Gasteiger partial charge in [0.05, 0.1) is 6.54 Å². The zero-order chi connectivity index (χ0) is 13.0. The van der Waals surface area contributed by atoms with Gasteiger partial charge in [-0.2, -0.15) is 0 Å². The lowest BCUT2D eigenvalue weighted by atomic mass is 10.1. The lowest BCUT2D eigenvalue weighted by Gasteiger charge is -2.03. The molecule has 0 atom stereocenters. The Labute approximate surface area is 104 Å². The largest absolute Gasteiger partial charge is 0.334 e. The average Bonchev–Trinajstić information content (AvgIpc) is 2.82. The van der Waals surface area contributed by atoms with E-state index in [9.17, 15) is 4.79 Å². The van der Waals surface area contributed by atoms with E-state index in [2.05, 4.69) is 15.0 Å². The predicted molar refractivity (Wildman–Crippen MR) is 67.0 cm³/mol. The molecule has 6 heteroatoms. The van der Waals surface area contributed by atoms with Crippen LogP contribution >= 0.6 is 0 Å². The molecule has 0 amide bonds. The third-order valence-electron chi connectivity index (χ3n) is 2.56. The van der Waals surface area contributed by atoms with Gasteiger partial charge in [0.25, 0.3) is 0 Å². The van der Waals surface area contributed by atoms with Crippen molar-refractivity contribution in [3.63, 3.8) is 0 Å². The summed E-state index contributed by atoms with van der Waals surface area (Å²) in [6, 6.07) is 7.07. The van der Waals surface area contributed by atoms with Gasteiger partial charge in [-0.15, -0.1) is 0 Å². The zero-order valence-corrected chi connectivity index (χ0v) is 9.82. The first-order valence-electron chi connectivity index (χ1n) is 5.34.